The molecule has 0 radical (unpaired) electrons. The summed E-state index contributed by atoms with van der Waals surface area (Å²) in [7, 11) is 0. The number of halogens is 1. The molecular weight excluding hydrogens is 451 g/mol. The summed E-state index contributed by atoms with van der Waals surface area (Å²) >= 11 is 0. The van der Waals surface area contributed by atoms with Gasteiger partial charge in [-0.1, -0.05) is 37.3 Å². The number of hydrogen-bond acceptors (Lipinski definition) is 3. The minimum Gasteiger partial charge on any atom is -0.469 e. The van der Waals surface area contributed by atoms with Crippen molar-refractivity contribution < 1.29 is 4.42 Å². The Kier molecular flexibility index (Phi) is 9.69. The zero-order valence-electron chi connectivity index (χ0n) is 16.1. The highest BCUT2D eigenvalue weighted by Gasteiger charge is 2.22. The molecule has 1 aliphatic rings. The molecule has 27 heavy (non-hydrogen) atoms. The van der Waals surface area contributed by atoms with Crippen molar-refractivity contribution in [1.82, 2.24) is 15.5 Å². The average molecular weight is 482 g/mol. The van der Waals surface area contributed by atoms with Crippen LogP contribution in [0.5, 0.6) is 0 Å². The van der Waals surface area contributed by atoms with E-state index in [4.69, 9.17) is 9.41 Å². The molecule has 6 heteroatoms. The first kappa shape index (κ1) is 21.8. The molecule has 1 aromatic carbocycles. The van der Waals surface area contributed by atoms with E-state index < -0.39 is 0 Å². The second kappa shape index (κ2) is 12.0. The maximum atomic E-state index is 5.41. The van der Waals surface area contributed by atoms with Gasteiger partial charge in [0.25, 0.3) is 0 Å². The number of guanidine groups is 1. The number of aliphatic imine (C=N–C) groups is 1. The van der Waals surface area contributed by atoms with E-state index in [1.165, 1.54) is 24.9 Å². The van der Waals surface area contributed by atoms with Gasteiger partial charge < -0.3 is 15.1 Å². The fourth-order valence-corrected chi connectivity index (χ4v) is 3.44. The number of benzene rings is 1. The van der Waals surface area contributed by atoms with E-state index in [9.17, 15) is 0 Å². The van der Waals surface area contributed by atoms with Gasteiger partial charge in [-0.15, -0.1) is 24.0 Å². The van der Waals surface area contributed by atoms with E-state index in [1.54, 1.807) is 6.26 Å². The molecule has 1 atom stereocenters. The summed E-state index contributed by atoms with van der Waals surface area (Å²) in [6.07, 6.45) is 5.13. The van der Waals surface area contributed by atoms with E-state index >= 15 is 0 Å². The van der Waals surface area contributed by atoms with Gasteiger partial charge in [-0.25, -0.2) is 4.99 Å². The fourth-order valence-electron chi connectivity index (χ4n) is 3.44. The highest BCUT2D eigenvalue weighted by Crippen LogP contribution is 2.15. The minimum absolute atomic E-state index is 0. The lowest BCUT2D eigenvalue weighted by molar-refractivity contribution is 0.267. The van der Waals surface area contributed by atoms with Crippen LogP contribution in [0, 0.1) is 0 Å². The predicted molar refractivity (Wildman–Crippen MR) is 122 cm³/mol. The maximum absolute atomic E-state index is 5.41. The van der Waals surface area contributed by atoms with Crippen molar-refractivity contribution in [3.8, 4) is 0 Å². The van der Waals surface area contributed by atoms with Gasteiger partial charge in [0.05, 0.1) is 12.8 Å². The van der Waals surface area contributed by atoms with Crippen molar-refractivity contribution in [2.24, 2.45) is 4.99 Å². The third-order valence-corrected chi connectivity index (χ3v) is 4.92. The summed E-state index contributed by atoms with van der Waals surface area (Å²) in [6.45, 7) is 6.99. The topological polar surface area (TPSA) is 52.8 Å². The van der Waals surface area contributed by atoms with Gasteiger partial charge in [-0.05, 0) is 43.6 Å². The highest BCUT2D eigenvalue weighted by molar-refractivity contribution is 14.0. The first-order valence-electron chi connectivity index (χ1n) is 9.67. The lowest BCUT2D eigenvalue weighted by atomic mass is 10.2. The zero-order valence-corrected chi connectivity index (χ0v) is 18.4. The van der Waals surface area contributed by atoms with Crippen molar-refractivity contribution in [3.05, 3.63) is 60.1 Å². The number of hydrogen-bond donors (Lipinski definition) is 2. The highest BCUT2D eigenvalue weighted by atomic mass is 127. The van der Waals surface area contributed by atoms with Crippen molar-refractivity contribution in [3.63, 3.8) is 0 Å². The van der Waals surface area contributed by atoms with Gasteiger partial charge in [0.15, 0.2) is 5.96 Å². The van der Waals surface area contributed by atoms with Gasteiger partial charge in [-0.3, -0.25) is 4.90 Å². The largest absolute Gasteiger partial charge is 0.469 e. The lowest BCUT2D eigenvalue weighted by Crippen LogP contribution is -2.45. The number of nitrogens with zero attached hydrogens (tertiary/aromatic N) is 2. The van der Waals surface area contributed by atoms with Gasteiger partial charge in [-0.2, -0.15) is 0 Å². The molecule has 2 N–H and O–H groups in total. The van der Waals surface area contributed by atoms with Crippen molar-refractivity contribution >= 4 is 29.9 Å². The Balaban J connectivity index is 0.00000261. The Morgan fingerprint density at radius 1 is 1.19 bits per heavy atom. The molecule has 1 fully saturated rings. The second-order valence-electron chi connectivity index (χ2n) is 6.71. The smallest absolute Gasteiger partial charge is 0.191 e. The molecule has 0 saturated carbocycles. The molecule has 5 nitrogen and oxygen atoms in total. The molecular formula is C21H31IN4O. The summed E-state index contributed by atoms with van der Waals surface area (Å²) in [6, 6.07) is 14.9. The third-order valence-electron chi connectivity index (χ3n) is 4.92. The van der Waals surface area contributed by atoms with Crippen LogP contribution in [0.1, 0.15) is 31.1 Å². The second-order valence-corrected chi connectivity index (χ2v) is 6.71. The van der Waals surface area contributed by atoms with E-state index in [-0.39, 0.29) is 24.0 Å². The van der Waals surface area contributed by atoms with Crippen LogP contribution in [-0.2, 0) is 13.0 Å². The van der Waals surface area contributed by atoms with E-state index in [0.717, 1.165) is 37.8 Å². The molecule has 2 aromatic rings. The number of likely N-dealkylation sites (tertiary alicyclic amines) is 1. The maximum Gasteiger partial charge on any atom is 0.191 e. The Hall–Kier alpha value is -1.54. The lowest BCUT2D eigenvalue weighted by Gasteiger charge is -2.24. The Morgan fingerprint density at radius 3 is 2.78 bits per heavy atom. The number of likely N-dealkylation sites (N-methyl/N-ethyl adjacent to an activating group) is 1. The molecule has 0 aliphatic carbocycles. The van der Waals surface area contributed by atoms with Gasteiger partial charge >= 0.3 is 0 Å². The average Bonchev–Trinajstić information content (AvgIpc) is 3.35. The first-order chi connectivity index (χ1) is 12.8. The van der Waals surface area contributed by atoms with Crippen LogP contribution in [0.15, 0.2) is 58.1 Å². The minimum atomic E-state index is 0. The summed E-state index contributed by atoms with van der Waals surface area (Å²) in [5, 5.41) is 6.99. The Labute approximate surface area is 179 Å². The van der Waals surface area contributed by atoms with E-state index in [1.807, 2.05) is 18.2 Å². The van der Waals surface area contributed by atoms with Crippen LogP contribution in [0.2, 0.25) is 0 Å². The predicted octanol–water partition coefficient (Wildman–Crippen LogP) is 3.66. The van der Waals surface area contributed by atoms with Crippen molar-refractivity contribution in [2.45, 2.75) is 38.8 Å². The van der Waals surface area contributed by atoms with Crippen LogP contribution in [-0.4, -0.2) is 43.1 Å². The summed E-state index contributed by atoms with van der Waals surface area (Å²) in [4.78, 5) is 7.32. The van der Waals surface area contributed by atoms with Gasteiger partial charge in [0.1, 0.15) is 5.76 Å². The first-order valence-corrected chi connectivity index (χ1v) is 9.67. The van der Waals surface area contributed by atoms with E-state index in [2.05, 4.69) is 46.7 Å². The molecule has 0 bridgehead atoms. The Bertz CT molecular complexity index is 660. The molecule has 0 amide bonds. The zero-order chi connectivity index (χ0) is 18.0. The molecule has 148 valence electrons. The van der Waals surface area contributed by atoms with Crippen molar-refractivity contribution in [1.29, 1.82) is 0 Å². The molecule has 1 unspecified atom stereocenters. The fraction of sp³-hybridized carbons (Fsp3) is 0.476. The van der Waals surface area contributed by atoms with Crippen LogP contribution in [0.3, 0.4) is 0 Å². The molecule has 1 aromatic heterocycles. The molecule has 1 aliphatic heterocycles. The molecule has 1 saturated heterocycles. The number of rotatable bonds is 8. The normalized spacial score (nSPS) is 17.5. The van der Waals surface area contributed by atoms with Gasteiger partial charge in [0.2, 0.25) is 0 Å². The van der Waals surface area contributed by atoms with Gasteiger partial charge in [0, 0.05) is 25.6 Å². The van der Waals surface area contributed by atoms with E-state index in [0.29, 0.717) is 12.6 Å². The van der Waals surface area contributed by atoms with Crippen LogP contribution in [0.25, 0.3) is 0 Å². The van der Waals surface area contributed by atoms with Crippen LogP contribution < -0.4 is 10.6 Å². The third kappa shape index (κ3) is 7.18. The summed E-state index contributed by atoms with van der Waals surface area (Å²) < 4.78 is 5.41. The summed E-state index contributed by atoms with van der Waals surface area (Å²) in [5.41, 5.74) is 1.22. The SMILES string of the molecule is CCN1CCCC1CNC(=NCc1ccccc1)NCCc1ccco1.I. The number of furan rings is 1. The van der Waals surface area contributed by atoms with Crippen molar-refractivity contribution in [2.75, 3.05) is 26.2 Å². The molecule has 0 spiro atoms. The van der Waals surface area contributed by atoms with Crippen LogP contribution >= 0.6 is 24.0 Å². The molecule has 2 heterocycles. The summed E-state index contributed by atoms with van der Waals surface area (Å²) in [5.74, 6) is 1.87. The standard InChI is InChI=1S/C21H30N4O.HI/c1-2-25-14-6-10-19(25)17-24-21(22-13-12-20-11-7-15-26-20)23-16-18-8-4-3-5-9-18;/h3-5,7-9,11,15,19H,2,6,10,12-14,16-17H2,1H3,(H2,22,23,24);1H. The number of nitrogens with one attached hydrogen (secondary N) is 2. The molecule has 3 rings (SSSR count). The quantitative estimate of drug-likeness (QED) is 0.343. The monoisotopic (exact) mass is 482 g/mol. The Morgan fingerprint density at radius 2 is 2.04 bits per heavy atom. The van der Waals surface area contributed by atoms with Crippen LogP contribution in [0.4, 0.5) is 0 Å².